The average molecular weight is 452 g/mol. The minimum absolute atomic E-state index is 0.0140. The Kier molecular flexibility index (Phi) is 5.84. The Morgan fingerprint density at radius 2 is 2.03 bits per heavy atom. The first-order valence-electron chi connectivity index (χ1n) is 10.4. The molecule has 0 radical (unpaired) electrons. The van der Waals surface area contributed by atoms with E-state index < -0.39 is 4.92 Å². The van der Waals surface area contributed by atoms with Gasteiger partial charge in [0.2, 0.25) is 0 Å². The minimum Gasteiger partial charge on any atom is -0.495 e. The average Bonchev–Trinajstić information content (AvgIpc) is 3.28. The van der Waals surface area contributed by atoms with Crippen LogP contribution in [0.4, 0.5) is 5.69 Å². The van der Waals surface area contributed by atoms with E-state index in [-0.39, 0.29) is 17.8 Å². The summed E-state index contributed by atoms with van der Waals surface area (Å²) in [6.07, 6.45) is 1.78. The molecule has 166 valence electrons. The summed E-state index contributed by atoms with van der Waals surface area (Å²) in [6, 6.07) is 12.4. The number of likely N-dealkylation sites (N-methyl/N-ethyl adjacent to an activating group) is 1. The molecule has 3 aromatic rings. The number of nitrogens with zero attached hydrogens (tertiary/aromatic N) is 4. The fourth-order valence-corrected chi connectivity index (χ4v) is 4.88. The van der Waals surface area contributed by atoms with Crippen molar-refractivity contribution >= 4 is 23.0 Å². The van der Waals surface area contributed by atoms with Gasteiger partial charge in [0.25, 0.3) is 5.69 Å². The molecule has 0 spiro atoms. The third kappa shape index (κ3) is 3.58. The highest BCUT2D eigenvalue weighted by Gasteiger charge is 2.40. The Hall–Kier alpha value is -3.46. The number of rotatable bonds is 6. The molecule has 1 N–H and O–H groups in total. The van der Waals surface area contributed by atoms with E-state index in [9.17, 15) is 10.1 Å². The zero-order chi connectivity index (χ0) is 23.0. The van der Waals surface area contributed by atoms with Crippen molar-refractivity contribution in [2.24, 2.45) is 0 Å². The summed E-state index contributed by atoms with van der Waals surface area (Å²) in [5.74, 6) is 0.567. The first kappa shape index (κ1) is 21.8. The van der Waals surface area contributed by atoms with Gasteiger partial charge in [0.05, 0.1) is 35.5 Å². The van der Waals surface area contributed by atoms with Gasteiger partial charge in [-0.05, 0) is 62.8 Å². The molecule has 2 aromatic heterocycles. The third-order valence-electron chi connectivity index (χ3n) is 5.94. The quantitative estimate of drug-likeness (QED) is 0.338. The van der Waals surface area contributed by atoms with Gasteiger partial charge in [0.1, 0.15) is 5.75 Å². The highest BCUT2D eigenvalue weighted by molar-refractivity contribution is 7.80. The van der Waals surface area contributed by atoms with Crippen LogP contribution in [0.25, 0.3) is 5.69 Å². The normalized spacial score (nSPS) is 18.0. The Morgan fingerprint density at radius 1 is 1.25 bits per heavy atom. The molecule has 2 atom stereocenters. The molecule has 1 fully saturated rings. The number of aryl methyl sites for hydroxylation is 1. The molecule has 32 heavy (non-hydrogen) atoms. The second-order valence-corrected chi connectivity index (χ2v) is 8.07. The van der Waals surface area contributed by atoms with Crippen molar-refractivity contribution in [1.29, 1.82) is 0 Å². The predicted octanol–water partition coefficient (Wildman–Crippen LogP) is 4.40. The van der Waals surface area contributed by atoms with Gasteiger partial charge in [-0.1, -0.05) is 6.07 Å². The Balaban J connectivity index is 1.88. The van der Waals surface area contributed by atoms with Crippen LogP contribution < -0.4 is 10.1 Å². The van der Waals surface area contributed by atoms with Crippen molar-refractivity contribution in [3.8, 4) is 11.4 Å². The second-order valence-electron chi connectivity index (χ2n) is 7.69. The zero-order valence-corrected chi connectivity index (χ0v) is 19.2. The summed E-state index contributed by atoms with van der Waals surface area (Å²) < 4.78 is 7.54. The van der Waals surface area contributed by atoms with Gasteiger partial charge in [-0.25, -0.2) is 0 Å². The highest BCUT2D eigenvalue weighted by Crippen LogP contribution is 2.42. The van der Waals surface area contributed by atoms with Gasteiger partial charge in [-0.2, -0.15) is 0 Å². The van der Waals surface area contributed by atoms with Crippen LogP contribution in [0.3, 0.4) is 0 Å². The third-order valence-corrected chi connectivity index (χ3v) is 6.29. The number of nitro groups is 1. The number of methoxy groups -OCH3 is 1. The van der Waals surface area contributed by atoms with Crippen molar-refractivity contribution in [1.82, 2.24) is 19.8 Å². The number of thiocarbonyl (C=S) groups is 1. The molecular formula is C23H25N5O3S. The lowest BCUT2D eigenvalue weighted by atomic mass is 9.97. The number of hydrogen-bond acceptors (Lipinski definition) is 5. The maximum absolute atomic E-state index is 11.4. The lowest BCUT2D eigenvalue weighted by molar-refractivity contribution is -0.384. The number of nitro benzene ring substituents is 1. The van der Waals surface area contributed by atoms with Gasteiger partial charge in [0.15, 0.2) is 5.11 Å². The van der Waals surface area contributed by atoms with Crippen molar-refractivity contribution in [3.05, 3.63) is 81.4 Å². The van der Waals surface area contributed by atoms with Crippen LogP contribution in [0, 0.1) is 24.0 Å². The molecule has 0 saturated carbocycles. The maximum Gasteiger partial charge on any atom is 0.271 e. The molecule has 0 amide bonds. The molecule has 0 bridgehead atoms. The molecule has 8 nitrogen and oxygen atoms in total. The number of pyridine rings is 1. The number of nitrogens with one attached hydrogen (secondary N) is 1. The monoisotopic (exact) mass is 451 g/mol. The van der Waals surface area contributed by atoms with Crippen LogP contribution >= 0.6 is 12.2 Å². The van der Waals surface area contributed by atoms with Crippen LogP contribution in [-0.4, -0.2) is 38.1 Å². The second kappa shape index (κ2) is 8.58. The van der Waals surface area contributed by atoms with Crippen LogP contribution in [0.1, 0.15) is 41.7 Å². The van der Waals surface area contributed by atoms with E-state index in [0.29, 0.717) is 16.5 Å². The molecule has 1 aromatic carbocycles. The van der Waals surface area contributed by atoms with E-state index in [1.165, 1.54) is 6.07 Å². The lowest BCUT2D eigenvalue weighted by Gasteiger charge is -2.27. The van der Waals surface area contributed by atoms with E-state index in [1.807, 2.05) is 36.6 Å². The molecular weight excluding hydrogens is 426 g/mol. The van der Waals surface area contributed by atoms with Gasteiger partial charge >= 0.3 is 0 Å². The van der Waals surface area contributed by atoms with Gasteiger partial charge in [-0.3, -0.25) is 15.1 Å². The fourth-order valence-electron chi connectivity index (χ4n) is 4.51. The van der Waals surface area contributed by atoms with Crippen molar-refractivity contribution in [2.45, 2.75) is 32.9 Å². The highest BCUT2D eigenvalue weighted by atomic mass is 32.1. The molecule has 3 heterocycles. The number of aromatic nitrogens is 2. The standard InChI is InChI=1S/C23H25N5O3S/c1-5-26-22(21(25-23(26)32)18-8-6-7-11-24-18)17-12-14(2)27(15(17)3)19-13-16(28(29)30)9-10-20(19)31-4/h6-13,21-22H,5H2,1-4H3,(H,25,32). The Labute approximate surface area is 192 Å². The number of non-ortho nitro benzene ring substituents is 1. The molecule has 0 aliphatic carbocycles. The first-order chi connectivity index (χ1) is 15.4. The molecule has 1 aliphatic rings. The summed E-state index contributed by atoms with van der Waals surface area (Å²) in [6.45, 7) is 6.82. The fraction of sp³-hybridized carbons (Fsp3) is 0.304. The van der Waals surface area contributed by atoms with Crippen molar-refractivity contribution in [3.63, 3.8) is 0 Å². The zero-order valence-electron chi connectivity index (χ0n) is 18.4. The number of ether oxygens (including phenoxy) is 1. The van der Waals surface area contributed by atoms with Gasteiger partial charge in [-0.15, -0.1) is 0 Å². The van der Waals surface area contributed by atoms with Crippen molar-refractivity contribution in [2.75, 3.05) is 13.7 Å². The van der Waals surface area contributed by atoms with Crippen LogP contribution in [-0.2, 0) is 0 Å². The SMILES string of the molecule is CCN1C(=S)NC(c2ccccn2)C1c1cc(C)n(-c2cc([N+](=O)[O-])ccc2OC)c1C. The Bertz CT molecular complexity index is 1180. The largest absolute Gasteiger partial charge is 0.495 e. The topological polar surface area (TPSA) is 85.5 Å². The molecule has 1 saturated heterocycles. The van der Waals surface area contributed by atoms with E-state index in [0.717, 1.165) is 29.2 Å². The number of benzene rings is 1. The first-order valence-corrected chi connectivity index (χ1v) is 10.8. The summed E-state index contributed by atoms with van der Waals surface area (Å²) in [5.41, 5.74) is 4.56. The van der Waals surface area contributed by atoms with Gasteiger partial charge < -0.3 is 19.5 Å². The lowest BCUT2D eigenvalue weighted by Crippen LogP contribution is -2.29. The predicted molar refractivity (Wildman–Crippen MR) is 126 cm³/mol. The van der Waals surface area contributed by atoms with Crippen LogP contribution in [0.2, 0.25) is 0 Å². The smallest absolute Gasteiger partial charge is 0.271 e. The van der Waals surface area contributed by atoms with E-state index in [2.05, 4.69) is 28.2 Å². The maximum atomic E-state index is 11.4. The molecule has 1 aliphatic heterocycles. The minimum atomic E-state index is -0.396. The molecule has 9 heteroatoms. The van der Waals surface area contributed by atoms with Crippen molar-refractivity contribution < 1.29 is 9.66 Å². The van der Waals surface area contributed by atoms with Crippen LogP contribution in [0.15, 0.2) is 48.7 Å². The van der Waals surface area contributed by atoms with E-state index in [1.54, 1.807) is 25.4 Å². The summed E-state index contributed by atoms with van der Waals surface area (Å²) >= 11 is 5.64. The van der Waals surface area contributed by atoms with E-state index >= 15 is 0 Å². The molecule has 4 rings (SSSR count). The number of hydrogen-bond donors (Lipinski definition) is 1. The summed E-state index contributed by atoms with van der Waals surface area (Å²) in [7, 11) is 1.56. The van der Waals surface area contributed by atoms with Gasteiger partial charge in [0, 0.05) is 36.3 Å². The summed E-state index contributed by atoms with van der Waals surface area (Å²) in [4.78, 5) is 17.7. The molecule has 2 unspecified atom stereocenters. The Morgan fingerprint density at radius 3 is 2.66 bits per heavy atom. The van der Waals surface area contributed by atoms with Crippen LogP contribution in [0.5, 0.6) is 5.75 Å². The summed E-state index contributed by atoms with van der Waals surface area (Å²) in [5, 5.41) is 15.5. The van der Waals surface area contributed by atoms with E-state index in [4.69, 9.17) is 17.0 Å².